The van der Waals surface area contributed by atoms with Gasteiger partial charge in [0.2, 0.25) is 0 Å². The van der Waals surface area contributed by atoms with E-state index in [1.165, 1.54) is 12.3 Å². The van der Waals surface area contributed by atoms with E-state index in [0.29, 0.717) is 18.7 Å². The number of nitrogens with zero attached hydrogens (tertiary/aromatic N) is 2. The molecule has 0 radical (unpaired) electrons. The van der Waals surface area contributed by atoms with Gasteiger partial charge in [-0.3, -0.25) is 4.79 Å². The third-order valence-electron chi connectivity index (χ3n) is 4.85. The molecule has 3 heterocycles. The van der Waals surface area contributed by atoms with Crippen LogP contribution in [0, 0.1) is 0 Å². The van der Waals surface area contributed by atoms with Crippen LogP contribution >= 0.6 is 0 Å². The molecule has 2 atom stereocenters. The number of alkyl halides is 3. The van der Waals surface area contributed by atoms with Crippen molar-refractivity contribution < 1.29 is 22.4 Å². The van der Waals surface area contributed by atoms with Gasteiger partial charge in [0.1, 0.15) is 11.6 Å². The van der Waals surface area contributed by atoms with E-state index in [1.54, 1.807) is 12.1 Å². The Kier molecular flexibility index (Phi) is 5.04. The van der Waals surface area contributed by atoms with Crippen molar-refractivity contribution in [2.75, 3.05) is 11.9 Å². The molecule has 9 heteroatoms. The van der Waals surface area contributed by atoms with Crippen molar-refractivity contribution in [3.63, 3.8) is 0 Å². The first kappa shape index (κ1) is 19.1. The van der Waals surface area contributed by atoms with Gasteiger partial charge < -0.3 is 15.1 Å². The Bertz CT molecular complexity index is 968. The van der Waals surface area contributed by atoms with Crippen molar-refractivity contribution in [2.45, 2.75) is 31.1 Å². The maximum Gasteiger partial charge on any atom is 0.410 e. The van der Waals surface area contributed by atoms with E-state index in [9.17, 15) is 18.0 Å². The maximum atomic E-state index is 13.6. The summed E-state index contributed by atoms with van der Waals surface area (Å²) in [6, 6.07) is 11.7. The number of nitrogens with one attached hydrogen (secondary N) is 2. The number of fused-ring (bicyclic) bond motifs is 1. The number of hydrogen-bond acceptors (Lipinski definition) is 4. The highest BCUT2D eigenvalue weighted by Crippen LogP contribution is 2.43. The Labute approximate surface area is 164 Å². The molecule has 0 aliphatic carbocycles. The summed E-state index contributed by atoms with van der Waals surface area (Å²) in [5.41, 5.74) is 0.993. The summed E-state index contributed by atoms with van der Waals surface area (Å²) in [5.74, 6) is 0.0221. The van der Waals surface area contributed by atoms with E-state index >= 15 is 0 Å². The van der Waals surface area contributed by atoms with E-state index in [1.807, 2.05) is 30.3 Å². The number of anilines is 1. The molecule has 0 saturated heterocycles. The van der Waals surface area contributed by atoms with Crippen LogP contribution in [0.2, 0.25) is 0 Å². The van der Waals surface area contributed by atoms with E-state index in [4.69, 9.17) is 4.42 Å². The third-order valence-corrected chi connectivity index (χ3v) is 4.85. The molecule has 0 fully saturated rings. The van der Waals surface area contributed by atoms with E-state index < -0.39 is 24.2 Å². The fourth-order valence-electron chi connectivity index (χ4n) is 3.42. The molecule has 0 saturated carbocycles. The second-order valence-electron chi connectivity index (χ2n) is 6.86. The highest BCUT2D eigenvalue weighted by Gasteiger charge is 2.47. The van der Waals surface area contributed by atoms with Gasteiger partial charge in [-0.25, -0.2) is 4.68 Å². The monoisotopic (exact) mass is 404 g/mol. The van der Waals surface area contributed by atoms with Crippen LogP contribution in [0.4, 0.5) is 19.0 Å². The zero-order valence-corrected chi connectivity index (χ0v) is 15.3. The number of furan rings is 1. The van der Waals surface area contributed by atoms with E-state index in [-0.39, 0.29) is 17.9 Å². The summed E-state index contributed by atoms with van der Waals surface area (Å²) >= 11 is 0. The Morgan fingerprint density at radius 1 is 1.24 bits per heavy atom. The third kappa shape index (κ3) is 4.13. The summed E-state index contributed by atoms with van der Waals surface area (Å²) < 4.78 is 46.9. The SMILES string of the molecule is O=C(NCCc1ccccc1)c1cc2n(n1)[C@H](C(F)(F)F)C[C@H](c1ccco1)N2. The van der Waals surface area contributed by atoms with Crippen LogP contribution in [-0.4, -0.2) is 28.4 Å². The predicted molar refractivity (Wildman–Crippen MR) is 99.5 cm³/mol. The molecule has 3 aromatic rings. The average molecular weight is 404 g/mol. The normalized spacial score (nSPS) is 18.7. The molecule has 1 amide bonds. The van der Waals surface area contributed by atoms with Gasteiger partial charge in [0.15, 0.2) is 11.7 Å². The standard InChI is InChI=1S/C20H19F3N4O2/c21-20(22,23)17-11-14(16-7-4-10-29-16)25-18-12-15(26-27(17)18)19(28)24-9-8-13-5-2-1-3-6-13/h1-7,10,12,14,17,25H,8-9,11H2,(H,24,28)/t14-,17+/m1/s1. The van der Waals surface area contributed by atoms with E-state index in [0.717, 1.165) is 10.2 Å². The fraction of sp³-hybridized carbons (Fsp3) is 0.300. The van der Waals surface area contributed by atoms with Gasteiger partial charge in [0.25, 0.3) is 5.91 Å². The molecule has 152 valence electrons. The lowest BCUT2D eigenvalue weighted by Gasteiger charge is -2.32. The molecule has 1 aromatic carbocycles. The van der Waals surface area contributed by atoms with E-state index in [2.05, 4.69) is 15.7 Å². The van der Waals surface area contributed by atoms with Crippen LogP contribution in [0.15, 0.2) is 59.2 Å². The molecular formula is C20H19F3N4O2. The van der Waals surface area contributed by atoms with Crippen molar-refractivity contribution >= 4 is 11.7 Å². The first-order valence-corrected chi connectivity index (χ1v) is 9.20. The zero-order chi connectivity index (χ0) is 20.4. The van der Waals surface area contributed by atoms with Crippen molar-refractivity contribution in [3.8, 4) is 0 Å². The quantitative estimate of drug-likeness (QED) is 0.671. The van der Waals surface area contributed by atoms with Gasteiger partial charge in [0.05, 0.1) is 12.3 Å². The Balaban J connectivity index is 1.50. The smallest absolute Gasteiger partial charge is 0.410 e. The van der Waals surface area contributed by atoms with Crippen LogP contribution in [0.5, 0.6) is 0 Å². The first-order valence-electron chi connectivity index (χ1n) is 9.20. The Morgan fingerprint density at radius 3 is 2.72 bits per heavy atom. The molecule has 2 aromatic heterocycles. The zero-order valence-electron chi connectivity index (χ0n) is 15.3. The summed E-state index contributed by atoms with van der Waals surface area (Å²) in [4.78, 5) is 12.4. The average Bonchev–Trinajstić information content (AvgIpc) is 3.37. The molecule has 0 unspecified atom stereocenters. The largest absolute Gasteiger partial charge is 0.467 e. The number of amides is 1. The summed E-state index contributed by atoms with van der Waals surface area (Å²) in [6.45, 7) is 0.357. The molecule has 6 nitrogen and oxygen atoms in total. The number of benzene rings is 1. The summed E-state index contributed by atoms with van der Waals surface area (Å²) in [7, 11) is 0. The number of halogens is 3. The minimum absolute atomic E-state index is 0.0603. The van der Waals surface area contributed by atoms with Gasteiger partial charge in [-0.15, -0.1) is 0 Å². The van der Waals surface area contributed by atoms with Crippen LogP contribution < -0.4 is 10.6 Å². The number of carbonyl (C=O) groups is 1. The van der Waals surface area contributed by atoms with Crippen LogP contribution in [0.3, 0.4) is 0 Å². The number of hydrogen-bond donors (Lipinski definition) is 2. The van der Waals surface area contributed by atoms with Gasteiger partial charge in [-0.05, 0) is 24.1 Å². The number of carbonyl (C=O) groups excluding carboxylic acids is 1. The second-order valence-corrected chi connectivity index (χ2v) is 6.86. The summed E-state index contributed by atoms with van der Waals surface area (Å²) in [6.07, 6.45) is -2.75. The molecular weight excluding hydrogens is 385 g/mol. The molecule has 0 spiro atoms. The predicted octanol–water partition coefficient (Wildman–Crippen LogP) is 4.11. The lowest BCUT2D eigenvalue weighted by atomic mass is 10.0. The van der Waals surface area contributed by atoms with Gasteiger partial charge in [-0.1, -0.05) is 30.3 Å². The highest BCUT2D eigenvalue weighted by atomic mass is 19.4. The molecule has 1 aliphatic heterocycles. The lowest BCUT2D eigenvalue weighted by molar-refractivity contribution is -0.174. The summed E-state index contributed by atoms with van der Waals surface area (Å²) in [5, 5.41) is 9.62. The Hall–Kier alpha value is -3.23. The van der Waals surface area contributed by atoms with Crippen LogP contribution in [-0.2, 0) is 6.42 Å². The molecule has 29 heavy (non-hydrogen) atoms. The van der Waals surface area contributed by atoms with Gasteiger partial charge in [-0.2, -0.15) is 18.3 Å². The minimum Gasteiger partial charge on any atom is -0.467 e. The molecule has 2 N–H and O–H groups in total. The van der Waals surface area contributed by atoms with Crippen molar-refractivity contribution in [1.82, 2.24) is 15.1 Å². The van der Waals surface area contributed by atoms with Crippen LogP contribution in [0.25, 0.3) is 0 Å². The van der Waals surface area contributed by atoms with Gasteiger partial charge in [0, 0.05) is 19.0 Å². The molecule has 1 aliphatic rings. The first-order chi connectivity index (χ1) is 13.9. The number of aromatic nitrogens is 2. The van der Waals surface area contributed by atoms with Gasteiger partial charge >= 0.3 is 6.18 Å². The highest BCUT2D eigenvalue weighted by molar-refractivity contribution is 5.93. The fourth-order valence-corrected chi connectivity index (χ4v) is 3.42. The molecule has 4 rings (SSSR count). The van der Waals surface area contributed by atoms with Crippen LogP contribution in [0.1, 0.15) is 40.3 Å². The Morgan fingerprint density at radius 2 is 2.03 bits per heavy atom. The topological polar surface area (TPSA) is 72.1 Å². The van der Waals surface area contributed by atoms with Crippen molar-refractivity contribution in [1.29, 1.82) is 0 Å². The van der Waals surface area contributed by atoms with Crippen molar-refractivity contribution in [2.24, 2.45) is 0 Å². The van der Waals surface area contributed by atoms with Crippen molar-refractivity contribution in [3.05, 3.63) is 71.8 Å². The lowest BCUT2D eigenvalue weighted by Crippen LogP contribution is -2.35. The minimum atomic E-state index is -4.51. The number of rotatable bonds is 5. The molecule has 0 bridgehead atoms. The second kappa shape index (κ2) is 7.65. The maximum absolute atomic E-state index is 13.6.